The molecule has 1 N–H and O–H groups in total. The molecule has 2 fully saturated rings. The zero-order valence-electron chi connectivity index (χ0n) is 18.1. The first-order valence-corrected chi connectivity index (χ1v) is 11.1. The van der Waals surface area contributed by atoms with Gasteiger partial charge in [0, 0.05) is 12.0 Å². The standard InChI is InChI=1S/C24H41NO/c1-7-22(4)14-11-19-18(15-22)9-10-20-23(19,5)12-8-13-24(20,6)21(26)25-16-17(2)3/h11,17-18,20H,7-10,12-16H2,1-6H3,(H,25,26)/t18?,20?,22-,23-,24+/m0/s1. The molecule has 3 aliphatic rings. The molecule has 0 aromatic heterocycles. The summed E-state index contributed by atoms with van der Waals surface area (Å²) in [5.41, 5.74) is 2.26. The Hall–Kier alpha value is -0.790. The third-order valence-electron chi connectivity index (χ3n) is 8.43. The minimum atomic E-state index is -0.195. The van der Waals surface area contributed by atoms with Crippen LogP contribution in [-0.2, 0) is 4.79 Å². The number of hydrogen-bond donors (Lipinski definition) is 1. The van der Waals surface area contributed by atoms with Gasteiger partial charge in [0.2, 0.25) is 5.91 Å². The van der Waals surface area contributed by atoms with E-state index in [-0.39, 0.29) is 10.8 Å². The number of amides is 1. The van der Waals surface area contributed by atoms with Crippen LogP contribution in [0.25, 0.3) is 0 Å². The second-order valence-corrected chi connectivity index (χ2v) is 10.9. The summed E-state index contributed by atoms with van der Waals surface area (Å²) in [4.78, 5) is 13.2. The van der Waals surface area contributed by atoms with Crippen LogP contribution in [0.1, 0.15) is 92.9 Å². The fourth-order valence-corrected chi connectivity index (χ4v) is 6.55. The smallest absolute Gasteiger partial charge is 0.226 e. The van der Waals surface area contributed by atoms with E-state index < -0.39 is 0 Å². The molecule has 26 heavy (non-hydrogen) atoms. The number of carbonyl (C=O) groups excluding carboxylic acids is 1. The molecular formula is C24H41NO. The highest BCUT2D eigenvalue weighted by molar-refractivity contribution is 5.83. The highest BCUT2D eigenvalue weighted by atomic mass is 16.2. The van der Waals surface area contributed by atoms with Crippen molar-refractivity contribution < 1.29 is 4.79 Å². The minimum absolute atomic E-state index is 0.195. The molecule has 2 saturated carbocycles. The Morgan fingerprint density at radius 1 is 1.23 bits per heavy atom. The van der Waals surface area contributed by atoms with Gasteiger partial charge in [0.05, 0.1) is 0 Å². The second kappa shape index (κ2) is 6.99. The first-order valence-electron chi connectivity index (χ1n) is 11.1. The summed E-state index contributed by atoms with van der Waals surface area (Å²) >= 11 is 0. The SMILES string of the molecule is CC[C@@]1(C)CC=C2C(CCC3[C@](C)(C(=O)NCC(C)C)CCC[C@@]23C)C1. The van der Waals surface area contributed by atoms with E-state index in [1.54, 1.807) is 5.57 Å². The summed E-state index contributed by atoms with van der Waals surface area (Å²) in [5.74, 6) is 2.09. The van der Waals surface area contributed by atoms with Crippen LogP contribution < -0.4 is 5.32 Å². The van der Waals surface area contributed by atoms with Crippen molar-refractivity contribution in [3.8, 4) is 0 Å². The molecule has 0 aliphatic heterocycles. The Bertz CT molecular complexity index is 579. The topological polar surface area (TPSA) is 29.1 Å². The van der Waals surface area contributed by atoms with Crippen LogP contribution in [0.3, 0.4) is 0 Å². The Kier molecular flexibility index (Phi) is 5.36. The van der Waals surface area contributed by atoms with Crippen molar-refractivity contribution in [3.05, 3.63) is 11.6 Å². The monoisotopic (exact) mass is 359 g/mol. The van der Waals surface area contributed by atoms with Crippen molar-refractivity contribution in [3.63, 3.8) is 0 Å². The second-order valence-electron chi connectivity index (χ2n) is 10.9. The molecule has 2 unspecified atom stereocenters. The maximum absolute atomic E-state index is 13.2. The lowest BCUT2D eigenvalue weighted by molar-refractivity contribution is -0.142. The predicted molar refractivity (Wildman–Crippen MR) is 110 cm³/mol. The predicted octanol–water partition coefficient (Wildman–Crippen LogP) is 6.12. The third kappa shape index (κ3) is 3.27. The maximum atomic E-state index is 13.2. The van der Waals surface area contributed by atoms with Crippen LogP contribution in [0.15, 0.2) is 11.6 Å². The number of carbonyl (C=O) groups is 1. The van der Waals surface area contributed by atoms with Gasteiger partial charge in [-0.2, -0.15) is 0 Å². The molecule has 148 valence electrons. The van der Waals surface area contributed by atoms with Gasteiger partial charge in [-0.3, -0.25) is 4.79 Å². The van der Waals surface area contributed by atoms with E-state index in [4.69, 9.17) is 0 Å². The minimum Gasteiger partial charge on any atom is -0.355 e. The van der Waals surface area contributed by atoms with Crippen LogP contribution in [0.5, 0.6) is 0 Å². The fourth-order valence-electron chi connectivity index (χ4n) is 6.55. The van der Waals surface area contributed by atoms with Crippen molar-refractivity contribution in [1.82, 2.24) is 5.32 Å². The third-order valence-corrected chi connectivity index (χ3v) is 8.43. The van der Waals surface area contributed by atoms with Gasteiger partial charge >= 0.3 is 0 Å². The van der Waals surface area contributed by atoms with Gasteiger partial charge < -0.3 is 5.32 Å². The van der Waals surface area contributed by atoms with Gasteiger partial charge in [0.25, 0.3) is 0 Å². The molecule has 0 aromatic rings. The van der Waals surface area contributed by atoms with Gasteiger partial charge in [-0.15, -0.1) is 0 Å². The van der Waals surface area contributed by atoms with Crippen molar-refractivity contribution >= 4 is 5.91 Å². The first-order chi connectivity index (χ1) is 12.1. The van der Waals surface area contributed by atoms with Gasteiger partial charge in [0.15, 0.2) is 0 Å². The Labute approximate surface area is 161 Å². The Balaban J connectivity index is 1.87. The molecule has 3 aliphatic carbocycles. The van der Waals surface area contributed by atoms with Crippen LogP contribution in [0, 0.1) is 34.0 Å². The highest BCUT2D eigenvalue weighted by Gasteiger charge is 2.57. The van der Waals surface area contributed by atoms with E-state index in [2.05, 4.69) is 52.9 Å². The largest absolute Gasteiger partial charge is 0.355 e. The summed E-state index contributed by atoms with van der Waals surface area (Å²) in [7, 11) is 0. The lowest BCUT2D eigenvalue weighted by atomic mass is 9.46. The average molecular weight is 360 g/mol. The summed E-state index contributed by atoms with van der Waals surface area (Å²) in [6.07, 6.45) is 12.5. The van der Waals surface area contributed by atoms with E-state index >= 15 is 0 Å². The molecule has 0 aromatic carbocycles. The zero-order valence-corrected chi connectivity index (χ0v) is 18.1. The lowest BCUT2D eigenvalue weighted by Crippen LogP contribution is -2.55. The van der Waals surface area contributed by atoms with Crippen LogP contribution in [-0.4, -0.2) is 12.5 Å². The number of hydrogen-bond acceptors (Lipinski definition) is 1. The lowest BCUT2D eigenvalue weighted by Gasteiger charge is -2.58. The number of allylic oxidation sites excluding steroid dienone is 2. The van der Waals surface area contributed by atoms with E-state index in [9.17, 15) is 4.79 Å². The van der Waals surface area contributed by atoms with Gasteiger partial charge in [-0.25, -0.2) is 0 Å². The summed E-state index contributed by atoms with van der Waals surface area (Å²) < 4.78 is 0. The van der Waals surface area contributed by atoms with Crippen LogP contribution in [0.2, 0.25) is 0 Å². The molecule has 5 atom stereocenters. The molecule has 2 heteroatoms. The zero-order chi connectivity index (χ0) is 19.2. The van der Waals surface area contributed by atoms with Crippen molar-refractivity contribution in [2.45, 2.75) is 92.9 Å². The quantitative estimate of drug-likeness (QED) is 0.602. The van der Waals surface area contributed by atoms with Crippen LogP contribution in [0.4, 0.5) is 0 Å². The van der Waals surface area contributed by atoms with E-state index in [0.29, 0.717) is 23.2 Å². The molecule has 0 saturated heterocycles. The molecule has 1 amide bonds. The maximum Gasteiger partial charge on any atom is 0.226 e. The molecule has 0 radical (unpaired) electrons. The molecular weight excluding hydrogens is 318 g/mol. The van der Waals surface area contributed by atoms with E-state index in [0.717, 1.165) is 18.9 Å². The summed E-state index contributed by atoms with van der Waals surface area (Å²) in [6, 6.07) is 0. The number of nitrogens with one attached hydrogen (secondary N) is 1. The van der Waals surface area contributed by atoms with E-state index in [1.807, 2.05) is 0 Å². The molecule has 0 spiro atoms. The van der Waals surface area contributed by atoms with Gasteiger partial charge in [-0.05, 0) is 67.1 Å². The Morgan fingerprint density at radius 2 is 1.96 bits per heavy atom. The van der Waals surface area contributed by atoms with Gasteiger partial charge in [-0.1, -0.05) is 66.0 Å². The van der Waals surface area contributed by atoms with Crippen LogP contribution >= 0.6 is 0 Å². The fraction of sp³-hybridized carbons (Fsp3) is 0.875. The molecule has 0 bridgehead atoms. The van der Waals surface area contributed by atoms with Gasteiger partial charge in [0.1, 0.15) is 0 Å². The highest BCUT2D eigenvalue weighted by Crippen LogP contribution is 2.63. The average Bonchev–Trinajstić information content (AvgIpc) is 2.59. The first kappa shape index (κ1) is 20.0. The Morgan fingerprint density at radius 3 is 2.62 bits per heavy atom. The van der Waals surface area contributed by atoms with Crippen molar-refractivity contribution in [1.29, 1.82) is 0 Å². The normalized spacial score (nSPS) is 42.7. The summed E-state index contributed by atoms with van der Waals surface area (Å²) in [6.45, 7) is 14.7. The molecule has 0 heterocycles. The number of fused-ring (bicyclic) bond motifs is 3. The molecule has 2 nitrogen and oxygen atoms in total. The number of rotatable bonds is 4. The molecule has 3 rings (SSSR count). The van der Waals surface area contributed by atoms with Crippen molar-refractivity contribution in [2.75, 3.05) is 6.54 Å². The van der Waals surface area contributed by atoms with Crippen molar-refractivity contribution in [2.24, 2.45) is 34.0 Å². The van der Waals surface area contributed by atoms with E-state index in [1.165, 1.54) is 44.9 Å². The summed E-state index contributed by atoms with van der Waals surface area (Å²) in [5, 5.41) is 3.28.